The highest BCUT2D eigenvalue weighted by molar-refractivity contribution is 7.90. The lowest BCUT2D eigenvalue weighted by Gasteiger charge is -2.43. The normalized spacial score (nSPS) is 21.8. The van der Waals surface area contributed by atoms with Crippen molar-refractivity contribution in [3.05, 3.63) is 34.9 Å². The van der Waals surface area contributed by atoms with E-state index in [1.54, 1.807) is 4.90 Å². The first-order valence-electron chi connectivity index (χ1n) is 10.5. The first kappa shape index (κ1) is 22.9. The molecule has 1 amide bonds. The summed E-state index contributed by atoms with van der Waals surface area (Å²) in [6, 6.07) is 8.01. The molecule has 1 aromatic rings. The van der Waals surface area contributed by atoms with Gasteiger partial charge < -0.3 is 14.2 Å². The zero-order valence-corrected chi connectivity index (χ0v) is 19.7. The summed E-state index contributed by atoms with van der Waals surface area (Å²) in [6.45, 7) is 12.6. The van der Waals surface area contributed by atoms with Gasteiger partial charge in [0, 0.05) is 29.9 Å². The minimum absolute atomic E-state index is 0.110. The summed E-state index contributed by atoms with van der Waals surface area (Å²) < 4.78 is 21.5. The molecule has 0 aromatic heterocycles. The average molecular weight is 432 g/mol. The number of likely N-dealkylation sites (tertiary alicyclic amines) is 1. The zero-order chi connectivity index (χ0) is 22.3. The molecule has 7 heteroatoms. The Morgan fingerprint density at radius 2 is 1.90 bits per heavy atom. The van der Waals surface area contributed by atoms with E-state index in [4.69, 9.17) is 4.74 Å². The Morgan fingerprint density at radius 3 is 2.43 bits per heavy atom. The molecule has 2 aliphatic rings. The smallest absolute Gasteiger partial charge is 0.410 e. The maximum atomic E-state index is 13.0. The molecule has 1 fully saturated rings. The summed E-state index contributed by atoms with van der Waals surface area (Å²) in [6.07, 6.45) is 2.01. The van der Waals surface area contributed by atoms with Crippen LogP contribution in [0.1, 0.15) is 77.1 Å². The molecule has 0 unspecified atom stereocenters. The van der Waals surface area contributed by atoms with Gasteiger partial charge in [-0.3, -0.25) is 0 Å². The number of piperidine rings is 1. The van der Waals surface area contributed by atoms with E-state index in [2.05, 4.69) is 10.8 Å². The number of benzene rings is 1. The Hall–Kier alpha value is -1.75. The number of fused-ring (bicyclic) bond motifs is 1. The third kappa shape index (κ3) is 4.61. The van der Waals surface area contributed by atoms with Gasteiger partial charge in [0.2, 0.25) is 0 Å². The zero-order valence-electron chi connectivity index (χ0n) is 18.9. The molecule has 1 spiro atoms. The maximum Gasteiger partial charge on any atom is 0.410 e. The van der Waals surface area contributed by atoms with Crippen molar-refractivity contribution in [1.82, 2.24) is 9.62 Å². The molecule has 30 heavy (non-hydrogen) atoms. The molecule has 1 saturated heterocycles. The highest BCUT2D eigenvalue weighted by Crippen LogP contribution is 2.53. The van der Waals surface area contributed by atoms with Crippen LogP contribution in [0.2, 0.25) is 0 Å². The number of nitrogens with zero attached hydrogens (tertiary/aromatic N) is 2. The summed E-state index contributed by atoms with van der Waals surface area (Å²) in [4.78, 5) is 14.3. The molecular formula is C23H33N3O3S. The van der Waals surface area contributed by atoms with Crippen LogP contribution in [0.5, 0.6) is 0 Å². The molecule has 6 nitrogen and oxygen atoms in total. The largest absolute Gasteiger partial charge is 0.598 e. The summed E-state index contributed by atoms with van der Waals surface area (Å²) in [5, 5.41) is 9.61. The van der Waals surface area contributed by atoms with Gasteiger partial charge >= 0.3 is 6.09 Å². The summed E-state index contributed by atoms with van der Waals surface area (Å²) in [7, 11) is 0. The second-order valence-electron chi connectivity index (χ2n) is 10.4. The van der Waals surface area contributed by atoms with Gasteiger partial charge in [0.15, 0.2) is 0 Å². The summed E-state index contributed by atoms with van der Waals surface area (Å²) >= 11 is -1.24. The van der Waals surface area contributed by atoms with Crippen molar-refractivity contribution in [3.8, 4) is 6.07 Å². The molecule has 2 atom stereocenters. The highest BCUT2D eigenvalue weighted by Gasteiger charge is 2.51. The van der Waals surface area contributed by atoms with E-state index < -0.39 is 21.7 Å². The minimum atomic E-state index is -1.24. The van der Waals surface area contributed by atoms with Crippen LogP contribution in [0.3, 0.4) is 0 Å². The van der Waals surface area contributed by atoms with E-state index in [0.717, 1.165) is 30.4 Å². The van der Waals surface area contributed by atoms with Crippen LogP contribution in [0.15, 0.2) is 18.2 Å². The fourth-order valence-corrected chi connectivity index (χ4v) is 5.30. The van der Waals surface area contributed by atoms with Gasteiger partial charge in [0.1, 0.15) is 10.3 Å². The lowest BCUT2D eigenvalue weighted by atomic mass is 9.73. The molecule has 1 N–H and O–H groups in total. The van der Waals surface area contributed by atoms with Crippen molar-refractivity contribution < 1.29 is 14.1 Å². The van der Waals surface area contributed by atoms with Gasteiger partial charge in [-0.15, -0.1) is 4.72 Å². The Balaban J connectivity index is 1.86. The molecule has 1 aromatic carbocycles. The van der Waals surface area contributed by atoms with E-state index in [-0.39, 0.29) is 17.6 Å². The van der Waals surface area contributed by atoms with E-state index in [1.165, 1.54) is 0 Å². The molecule has 164 valence electrons. The van der Waals surface area contributed by atoms with E-state index in [9.17, 15) is 14.6 Å². The van der Waals surface area contributed by atoms with Crippen molar-refractivity contribution in [2.24, 2.45) is 5.41 Å². The van der Waals surface area contributed by atoms with Gasteiger partial charge in [0.25, 0.3) is 0 Å². The first-order valence-corrected chi connectivity index (χ1v) is 11.7. The number of ether oxygens (including phenoxy) is 1. The number of nitriles is 1. The van der Waals surface area contributed by atoms with Gasteiger partial charge in [-0.2, -0.15) is 5.26 Å². The average Bonchev–Trinajstić information content (AvgIpc) is 2.93. The fraction of sp³-hybridized carbons (Fsp3) is 0.652. The number of rotatable bonds is 2. The van der Waals surface area contributed by atoms with E-state index in [1.807, 2.05) is 59.7 Å². The van der Waals surface area contributed by atoms with Crippen molar-refractivity contribution in [3.63, 3.8) is 0 Å². The van der Waals surface area contributed by atoms with Crippen LogP contribution < -0.4 is 4.72 Å². The standard InChI is InChI=1S/C23H33N3O3S/c1-21(2,3)29-20(27)26-12-10-23(11-13-26)14-18-16(15-24)8-7-9-17(18)19(23)25-30(28)22(4,5)6/h7-9,19,25H,10-14H2,1-6H3/t19-,30-/m1/s1. The second kappa shape index (κ2) is 8.07. The number of amides is 1. The Kier molecular flexibility index (Phi) is 6.16. The monoisotopic (exact) mass is 431 g/mol. The van der Waals surface area contributed by atoms with Gasteiger partial charge in [-0.1, -0.05) is 12.1 Å². The van der Waals surface area contributed by atoms with Crippen molar-refractivity contribution in [1.29, 1.82) is 5.26 Å². The summed E-state index contributed by atoms with van der Waals surface area (Å²) in [5.74, 6) is 0. The van der Waals surface area contributed by atoms with E-state index >= 15 is 0 Å². The van der Waals surface area contributed by atoms with Crippen LogP contribution in [0, 0.1) is 16.7 Å². The SMILES string of the molecule is CC(C)(C)OC(=O)N1CCC2(CC1)Cc1c(C#N)cccc1[C@H]2N[S@+]([O-])C(C)(C)C. The first-order chi connectivity index (χ1) is 13.9. The number of nitrogens with one attached hydrogen (secondary N) is 1. The molecular weight excluding hydrogens is 398 g/mol. The predicted molar refractivity (Wildman–Crippen MR) is 118 cm³/mol. The molecule has 1 aliphatic heterocycles. The fourth-order valence-electron chi connectivity index (χ4n) is 4.36. The van der Waals surface area contributed by atoms with Crippen molar-refractivity contribution >= 4 is 17.5 Å². The topological polar surface area (TPSA) is 88.4 Å². The van der Waals surface area contributed by atoms with Gasteiger partial charge in [-0.05, 0) is 78.0 Å². The maximum absolute atomic E-state index is 13.0. The quantitative estimate of drug-likeness (QED) is 0.708. The number of carbonyl (C=O) groups is 1. The van der Waals surface area contributed by atoms with Gasteiger partial charge in [0.05, 0.1) is 17.7 Å². The minimum Gasteiger partial charge on any atom is -0.598 e. The number of hydrogen-bond donors (Lipinski definition) is 1. The Labute approximate surface area is 183 Å². The van der Waals surface area contributed by atoms with Gasteiger partial charge in [-0.25, -0.2) is 4.79 Å². The van der Waals surface area contributed by atoms with Crippen LogP contribution in [0.4, 0.5) is 4.79 Å². The highest BCUT2D eigenvalue weighted by atomic mass is 32.2. The Bertz CT molecular complexity index is 843. The molecule has 3 rings (SSSR count). The van der Waals surface area contributed by atoms with Crippen LogP contribution in [0.25, 0.3) is 0 Å². The molecule has 0 bridgehead atoms. The summed E-state index contributed by atoms with van der Waals surface area (Å²) in [5.41, 5.74) is 2.11. The molecule has 0 radical (unpaired) electrons. The number of hydrogen-bond acceptors (Lipinski definition) is 5. The molecule has 1 heterocycles. The third-order valence-electron chi connectivity index (χ3n) is 5.98. The number of carbonyl (C=O) groups excluding carboxylic acids is 1. The third-order valence-corrected chi connectivity index (χ3v) is 7.54. The Morgan fingerprint density at radius 1 is 1.27 bits per heavy atom. The van der Waals surface area contributed by atoms with Crippen LogP contribution >= 0.6 is 0 Å². The van der Waals surface area contributed by atoms with Crippen molar-refractivity contribution in [2.75, 3.05) is 13.1 Å². The van der Waals surface area contributed by atoms with Crippen LogP contribution in [-0.2, 0) is 22.5 Å². The second-order valence-corrected chi connectivity index (χ2v) is 12.4. The van der Waals surface area contributed by atoms with Crippen molar-refractivity contribution in [2.45, 2.75) is 77.2 Å². The van der Waals surface area contributed by atoms with E-state index in [0.29, 0.717) is 18.7 Å². The lowest BCUT2D eigenvalue weighted by Crippen LogP contribution is -2.51. The lowest BCUT2D eigenvalue weighted by molar-refractivity contribution is 0.00716. The van der Waals surface area contributed by atoms with Crippen LogP contribution in [-0.4, -0.2) is 39.0 Å². The molecule has 1 aliphatic carbocycles. The molecule has 0 saturated carbocycles. The predicted octanol–water partition coefficient (Wildman–Crippen LogP) is 4.22.